The molecule has 27 heavy (non-hydrogen) atoms. The normalized spacial score (nSPS) is 11.6. The zero-order valence-corrected chi connectivity index (χ0v) is 15.7. The molecule has 0 spiro atoms. The Bertz CT molecular complexity index is 928. The number of nitrogens with zero attached hydrogens (tertiary/aromatic N) is 4. The van der Waals surface area contributed by atoms with Crippen molar-refractivity contribution < 1.29 is 9.53 Å². The summed E-state index contributed by atoms with van der Waals surface area (Å²) in [5.41, 5.74) is 3.31. The molecular weight excluding hydrogens is 340 g/mol. The highest BCUT2D eigenvalue weighted by molar-refractivity contribution is 6.15. The van der Waals surface area contributed by atoms with Crippen LogP contribution in [0.1, 0.15) is 42.3 Å². The first-order valence-corrected chi connectivity index (χ1v) is 8.82. The van der Waals surface area contributed by atoms with Crippen molar-refractivity contribution in [2.24, 2.45) is 0 Å². The van der Waals surface area contributed by atoms with E-state index in [1.54, 1.807) is 13.0 Å². The maximum absolute atomic E-state index is 12.7. The van der Waals surface area contributed by atoms with Crippen molar-refractivity contribution in [3.63, 3.8) is 0 Å². The molecule has 0 bridgehead atoms. The average Bonchev–Trinajstić information content (AvgIpc) is 3.11. The molecule has 6 nitrogen and oxygen atoms in total. The molecule has 3 aromatic rings. The first-order chi connectivity index (χ1) is 13.0. The summed E-state index contributed by atoms with van der Waals surface area (Å²) in [6, 6.07) is 17.6. The van der Waals surface area contributed by atoms with E-state index < -0.39 is 5.97 Å². The summed E-state index contributed by atoms with van der Waals surface area (Å²) in [7, 11) is 0. The van der Waals surface area contributed by atoms with Crippen LogP contribution in [0.2, 0.25) is 0 Å². The van der Waals surface area contributed by atoms with Gasteiger partial charge in [-0.05, 0) is 46.0 Å². The Hall–Kier alpha value is -3.28. The molecule has 0 saturated carbocycles. The van der Waals surface area contributed by atoms with Gasteiger partial charge in [-0.3, -0.25) is 0 Å². The lowest BCUT2D eigenvalue weighted by atomic mass is 10.0. The zero-order chi connectivity index (χ0) is 19.2. The van der Waals surface area contributed by atoms with E-state index in [-0.39, 0.29) is 12.3 Å². The van der Waals surface area contributed by atoms with Crippen molar-refractivity contribution in [2.45, 2.75) is 33.3 Å². The van der Waals surface area contributed by atoms with Gasteiger partial charge in [-0.2, -0.15) is 4.68 Å². The monoisotopic (exact) mass is 362 g/mol. The highest BCUT2D eigenvalue weighted by atomic mass is 16.5. The molecule has 0 amide bonds. The summed E-state index contributed by atoms with van der Waals surface area (Å²) in [5.74, 6) is 0.488. The molecule has 1 heterocycles. The van der Waals surface area contributed by atoms with E-state index in [4.69, 9.17) is 4.74 Å². The minimum atomic E-state index is -0.484. The molecule has 0 aliphatic heterocycles. The van der Waals surface area contributed by atoms with Crippen molar-refractivity contribution in [3.05, 3.63) is 77.1 Å². The van der Waals surface area contributed by atoms with E-state index in [1.165, 1.54) is 10.2 Å². The lowest BCUT2D eigenvalue weighted by Crippen LogP contribution is -2.15. The summed E-state index contributed by atoms with van der Waals surface area (Å²) >= 11 is 0. The third-order valence-corrected chi connectivity index (χ3v) is 4.18. The number of hydrogen-bond acceptors (Lipinski definition) is 5. The van der Waals surface area contributed by atoms with Crippen molar-refractivity contribution >= 4 is 17.7 Å². The molecule has 0 radical (unpaired) electrons. The molecule has 0 unspecified atom stereocenters. The first kappa shape index (κ1) is 18.5. The number of rotatable bonds is 6. The molecule has 0 N–H and O–H groups in total. The summed E-state index contributed by atoms with van der Waals surface area (Å²) < 4.78 is 6.90. The van der Waals surface area contributed by atoms with Gasteiger partial charge in [0.25, 0.3) is 0 Å². The van der Waals surface area contributed by atoms with Crippen LogP contribution in [-0.2, 0) is 16.1 Å². The van der Waals surface area contributed by atoms with E-state index in [0.717, 1.165) is 11.1 Å². The van der Waals surface area contributed by atoms with Gasteiger partial charge in [-0.1, -0.05) is 68.4 Å². The van der Waals surface area contributed by atoms with E-state index in [2.05, 4.69) is 41.5 Å². The number of esters is 1. The molecule has 0 aliphatic rings. The molecule has 0 atom stereocenters. The second kappa shape index (κ2) is 8.40. The third kappa shape index (κ3) is 4.67. The van der Waals surface area contributed by atoms with Crippen LogP contribution in [0.4, 0.5) is 0 Å². The van der Waals surface area contributed by atoms with Crippen LogP contribution in [0.15, 0.2) is 54.6 Å². The smallest absolute Gasteiger partial charge is 0.357 e. The molecule has 0 saturated heterocycles. The van der Waals surface area contributed by atoms with Crippen molar-refractivity contribution in [2.75, 3.05) is 0 Å². The van der Waals surface area contributed by atoms with Crippen LogP contribution < -0.4 is 0 Å². The van der Waals surface area contributed by atoms with Crippen molar-refractivity contribution in [1.82, 2.24) is 20.2 Å². The molecule has 6 heteroatoms. The van der Waals surface area contributed by atoms with Crippen LogP contribution in [0.25, 0.3) is 11.8 Å². The Morgan fingerprint density at radius 2 is 1.81 bits per heavy atom. The first-order valence-electron chi connectivity index (χ1n) is 8.82. The summed E-state index contributed by atoms with van der Waals surface area (Å²) in [5, 5.41) is 11.4. The topological polar surface area (TPSA) is 69.9 Å². The van der Waals surface area contributed by atoms with E-state index >= 15 is 0 Å². The fourth-order valence-electron chi connectivity index (χ4n) is 2.59. The third-order valence-electron chi connectivity index (χ3n) is 4.18. The fourth-order valence-corrected chi connectivity index (χ4v) is 2.59. The zero-order valence-electron chi connectivity index (χ0n) is 15.7. The van der Waals surface area contributed by atoms with Crippen LogP contribution in [0, 0.1) is 6.92 Å². The Morgan fingerprint density at radius 1 is 1.11 bits per heavy atom. The Morgan fingerprint density at radius 3 is 2.41 bits per heavy atom. The largest absolute Gasteiger partial charge is 0.456 e. The number of benzene rings is 2. The average molecular weight is 362 g/mol. The lowest BCUT2D eigenvalue weighted by molar-refractivity contribution is -0.138. The quantitative estimate of drug-likeness (QED) is 0.492. The number of ether oxygens (including phenoxy) is 1. The van der Waals surface area contributed by atoms with E-state index in [1.807, 2.05) is 42.5 Å². The maximum atomic E-state index is 12.7. The predicted molar refractivity (Wildman–Crippen MR) is 103 cm³/mol. The van der Waals surface area contributed by atoms with Crippen LogP contribution >= 0.6 is 0 Å². The number of carbonyl (C=O) groups is 1. The van der Waals surface area contributed by atoms with Gasteiger partial charge in [0.15, 0.2) is 11.5 Å². The molecule has 0 fully saturated rings. The predicted octanol–water partition coefficient (Wildman–Crippen LogP) is 3.85. The lowest BCUT2D eigenvalue weighted by Gasteiger charge is -2.10. The molecule has 2 aromatic carbocycles. The molecular formula is C21H22N4O2. The Labute approximate surface area is 158 Å². The van der Waals surface area contributed by atoms with E-state index in [0.29, 0.717) is 11.7 Å². The fraction of sp³-hybridized carbons (Fsp3) is 0.238. The van der Waals surface area contributed by atoms with Crippen LogP contribution in [0.3, 0.4) is 0 Å². The van der Waals surface area contributed by atoms with Gasteiger partial charge < -0.3 is 4.74 Å². The molecule has 3 rings (SSSR count). The van der Waals surface area contributed by atoms with E-state index in [9.17, 15) is 4.79 Å². The number of aromatic nitrogens is 4. The standard InChI is InChI=1S/C21H22N4O2/c1-15(2)19-11-9-18(10-12-19)14-27-21(26)20(25-16(3)22-23-24-25)13-17-7-5-4-6-8-17/h4-13,15H,14H2,1-3H3/b20-13-. The minimum absolute atomic E-state index is 0.185. The van der Waals surface area contributed by atoms with Crippen LogP contribution in [-0.4, -0.2) is 26.2 Å². The summed E-state index contributed by atoms with van der Waals surface area (Å²) in [4.78, 5) is 12.7. The van der Waals surface area contributed by atoms with Gasteiger partial charge in [0, 0.05) is 0 Å². The number of tetrazole rings is 1. The molecule has 138 valence electrons. The van der Waals surface area contributed by atoms with Gasteiger partial charge in [0.1, 0.15) is 6.61 Å². The maximum Gasteiger partial charge on any atom is 0.357 e. The van der Waals surface area contributed by atoms with Gasteiger partial charge >= 0.3 is 5.97 Å². The second-order valence-corrected chi connectivity index (χ2v) is 6.55. The summed E-state index contributed by atoms with van der Waals surface area (Å²) in [6.07, 6.45) is 1.72. The Kier molecular flexibility index (Phi) is 5.76. The number of carbonyl (C=O) groups excluding carboxylic acids is 1. The molecule has 0 aliphatic carbocycles. The Balaban J connectivity index is 1.79. The van der Waals surface area contributed by atoms with Crippen molar-refractivity contribution in [3.8, 4) is 0 Å². The molecule has 1 aromatic heterocycles. The van der Waals surface area contributed by atoms with Gasteiger partial charge in [-0.15, -0.1) is 5.10 Å². The summed E-state index contributed by atoms with van der Waals surface area (Å²) in [6.45, 7) is 6.20. The van der Waals surface area contributed by atoms with Gasteiger partial charge in [0.05, 0.1) is 0 Å². The highest BCUT2D eigenvalue weighted by Crippen LogP contribution is 2.17. The van der Waals surface area contributed by atoms with Gasteiger partial charge in [-0.25, -0.2) is 4.79 Å². The number of aryl methyl sites for hydroxylation is 1. The number of hydrogen-bond donors (Lipinski definition) is 0. The minimum Gasteiger partial charge on any atom is -0.456 e. The van der Waals surface area contributed by atoms with Gasteiger partial charge in [0.2, 0.25) is 0 Å². The van der Waals surface area contributed by atoms with Crippen LogP contribution in [0.5, 0.6) is 0 Å². The van der Waals surface area contributed by atoms with Crippen molar-refractivity contribution in [1.29, 1.82) is 0 Å². The highest BCUT2D eigenvalue weighted by Gasteiger charge is 2.18. The second-order valence-electron chi connectivity index (χ2n) is 6.55. The SMILES string of the molecule is Cc1nnnn1/C(=C\c1ccccc1)C(=O)OCc1ccc(C(C)C)cc1.